The summed E-state index contributed by atoms with van der Waals surface area (Å²) in [5.74, 6) is 0.815. The lowest BCUT2D eigenvalue weighted by molar-refractivity contribution is 0.281. The topological polar surface area (TPSA) is 23.5 Å². The van der Waals surface area contributed by atoms with Crippen LogP contribution >= 0.6 is 11.6 Å². The maximum absolute atomic E-state index is 9.29. The zero-order valence-electron chi connectivity index (χ0n) is 9.62. The molecule has 0 aliphatic heterocycles. The summed E-state index contributed by atoms with van der Waals surface area (Å²) in [5, 5.41) is 10.0. The van der Waals surface area contributed by atoms with Crippen molar-refractivity contribution in [3.63, 3.8) is 0 Å². The number of hydrogen-bond acceptors (Lipinski definition) is 2. The Balaban J connectivity index is 2.13. The van der Waals surface area contributed by atoms with Crippen molar-refractivity contribution in [3.8, 4) is 0 Å². The lowest BCUT2D eigenvalue weighted by Gasteiger charge is -2.32. The highest BCUT2D eigenvalue weighted by Crippen LogP contribution is 2.30. The monoisotopic (exact) mass is 239 g/mol. The number of aliphatic hydroxyl groups is 1. The predicted octanol–water partition coefficient (Wildman–Crippen LogP) is 3.07. The SMILES string of the molecule is CN(CC1CCC1)c1cc(Cl)ccc1CO. The van der Waals surface area contributed by atoms with Crippen molar-refractivity contribution in [2.45, 2.75) is 25.9 Å². The Labute approximate surface area is 102 Å². The largest absolute Gasteiger partial charge is 0.392 e. The van der Waals surface area contributed by atoms with E-state index in [0.29, 0.717) is 0 Å². The molecule has 0 saturated heterocycles. The molecular formula is C13H18ClNO. The van der Waals surface area contributed by atoms with E-state index in [0.717, 1.165) is 28.7 Å². The van der Waals surface area contributed by atoms with E-state index in [1.54, 1.807) is 0 Å². The maximum atomic E-state index is 9.29. The van der Waals surface area contributed by atoms with Crippen molar-refractivity contribution >= 4 is 17.3 Å². The Morgan fingerprint density at radius 1 is 1.44 bits per heavy atom. The number of halogens is 1. The second-order valence-corrected chi connectivity index (χ2v) is 5.05. The number of anilines is 1. The average molecular weight is 240 g/mol. The fourth-order valence-corrected chi connectivity index (χ4v) is 2.35. The minimum atomic E-state index is 0.0709. The minimum absolute atomic E-state index is 0.0709. The average Bonchev–Trinajstić information content (AvgIpc) is 2.23. The van der Waals surface area contributed by atoms with Gasteiger partial charge in [-0.2, -0.15) is 0 Å². The minimum Gasteiger partial charge on any atom is -0.392 e. The highest BCUT2D eigenvalue weighted by atomic mass is 35.5. The van der Waals surface area contributed by atoms with Gasteiger partial charge in [0, 0.05) is 29.9 Å². The molecule has 0 unspecified atom stereocenters. The Morgan fingerprint density at radius 2 is 2.19 bits per heavy atom. The summed E-state index contributed by atoms with van der Waals surface area (Å²) in [6.45, 7) is 1.13. The van der Waals surface area contributed by atoms with Crippen molar-refractivity contribution in [2.75, 3.05) is 18.5 Å². The van der Waals surface area contributed by atoms with Crippen LogP contribution in [0.5, 0.6) is 0 Å². The highest BCUT2D eigenvalue weighted by molar-refractivity contribution is 6.30. The maximum Gasteiger partial charge on any atom is 0.0702 e. The second kappa shape index (κ2) is 5.07. The van der Waals surface area contributed by atoms with Gasteiger partial charge in [-0.3, -0.25) is 0 Å². The molecule has 1 aromatic rings. The molecule has 0 spiro atoms. The van der Waals surface area contributed by atoms with Crippen molar-refractivity contribution in [1.82, 2.24) is 0 Å². The molecule has 1 saturated carbocycles. The van der Waals surface area contributed by atoms with E-state index in [1.165, 1.54) is 19.3 Å². The number of benzene rings is 1. The molecule has 2 nitrogen and oxygen atoms in total. The van der Waals surface area contributed by atoms with Crippen molar-refractivity contribution < 1.29 is 5.11 Å². The van der Waals surface area contributed by atoms with Crippen LogP contribution < -0.4 is 4.90 Å². The molecule has 1 fully saturated rings. The number of rotatable bonds is 4. The number of nitrogens with zero attached hydrogens (tertiary/aromatic N) is 1. The summed E-state index contributed by atoms with van der Waals surface area (Å²) in [6, 6.07) is 5.66. The van der Waals surface area contributed by atoms with Crippen LogP contribution in [0.1, 0.15) is 24.8 Å². The highest BCUT2D eigenvalue weighted by Gasteiger charge is 2.20. The van der Waals surface area contributed by atoms with Crippen LogP contribution in [0.15, 0.2) is 18.2 Å². The summed E-state index contributed by atoms with van der Waals surface area (Å²) < 4.78 is 0. The van der Waals surface area contributed by atoms with Gasteiger partial charge < -0.3 is 10.0 Å². The first-order chi connectivity index (χ1) is 7.70. The normalized spacial score (nSPS) is 15.9. The quantitative estimate of drug-likeness (QED) is 0.873. The van der Waals surface area contributed by atoms with Crippen molar-refractivity contribution in [3.05, 3.63) is 28.8 Å². The van der Waals surface area contributed by atoms with Crippen LogP contribution in [0.2, 0.25) is 5.02 Å². The van der Waals surface area contributed by atoms with Gasteiger partial charge in [0.25, 0.3) is 0 Å². The van der Waals surface area contributed by atoms with Gasteiger partial charge in [-0.25, -0.2) is 0 Å². The molecule has 1 aliphatic carbocycles. The van der Waals surface area contributed by atoms with Crippen LogP contribution in [-0.4, -0.2) is 18.7 Å². The molecule has 1 aromatic carbocycles. The zero-order valence-corrected chi connectivity index (χ0v) is 10.4. The first-order valence-electron chi connectivity index (χ1n) is 5.81. The summed E-state index contributed by atoms with van der Waals surface area (Å²) in [4.78, 5) is 2.21. The summed E-state index contributed by atoms with van der Waals surface area (Å²) in [6.07, 6.45) is 4.03. The third-order valence-electron chi connectivity index (χ3n) is 3.39. The Hall–Kier alpha value is -0.730. The molecule has 1 N–H and O–H groups in total. The van der Waals surface area contributed by atoms with Gasteiger partial charge in [0.2, 0.25) is 0 Å². The second-order valence-electron chi connectivity index (χ2n) is 4.61. The van der Waals surface area contributed by atoms with Crippen molar-refractivity contribution in [2.24, 2.45) is 5.92 Å². The van der Waals surface area contributed by atoms with Gasteiger partial charge in [0.1, 0.15) is 0 Å². The smallest absolute Gasteiger partial charge is 0.0702 e. The van der Waals surface area contributed by atoms with Gasteiger partial charge in [-0.1, -0.05) is 24.1 Å². The van der Waals surface area contributed by atoms with E-state index in [9.17, 15) is 5.11 Å². The first kappa shape index (κ1) is 11.7. The standard InChI is InChI=1S/C13H18ClNO/c1-15(8-10-3-2-4-10)13-7-12(14)6-5-11(13)9-16/h5-7,10,16H,2-4,8-9H2,1H3. The molecule has 16 heavy (non-hydrogen) atoms. The molecule has 1 aliphatic rings. The van der Waals surface area contributed by atoms with Gasteiger partial charge >= 0.3 is 0 Å². The fourth-order valence-electron chi connectivity index (χ4n) is 2.19. The fraction of sp³-hybridized carbons (Fsp3) is 0.538. The molecule has 3 heteroatoms. The zero-order chi connectivity index (χ0) is 11.5. The van der Waals surface area contributed by atoms with Crippen LogP contribution in [0.3, 0.4) is 0 Å². The number of hydrogen-bond donors (Lipinski definition) is 1. The van der Waals surface area contributed by atoms with Crippen LogP contribution in [-0.2, 0) is 6.61 Å². The molecule has 0 bridgehead atoms. The van der Waals surface area contributed by atoms with Gasteiger partial charge in [-0.15, -0.1) is 0 Å². The molecule has 88 valence electrons. The van der Waals surface area contributed by atoms with E-state index in [2.05, 4.69) is 11.9 Å². The lowest BCUT2D eigenvalue weighted by atomic mass is 9.85. The van der Waals surface area contributed by atoms with Gasteiger partial charge in [0.05, 0.1) is 6.61 Å². The Kier molecular flexibility index (Phi) is 3.72. The summed E-state index contributed by atoms with van der Waals surface area (Å²) >= 11 is 5.99. The van der Waals surface area contributed by atoms with E-state index in [4.69, 9.17) is 11.6 Å². The molecular weight excluding hydrogens is 222 g/mol. The third kappa shape index (κ3) is 2.50. The third-order valence-corrected chi connectivity index (χ3v) is 3.62. The molecule has 0 amide bonds. The molecule has 0 aromatic heterocycles. The van der Waals surface area contributed by atoms with Crippen LogP contribution in [0.4, 0.5) is 5.69 Å². The predicted molar refractivity (Wildman–Crippen MR) is 68.0 cm³/mol. The van der Waals surface area contributed by atoms with Gasteiger partial charge in [0.15, 0.2) is 0 Å². The first-order valence-corrected chi connectivity index (χ1v) is 6.19. The Bertz CT molecular complexity index is 363. The van der Waals surface area contributed by atoms with E-state index < -0.39 is 0 Å². The molecule has 0 atom stereocenters. The lowest BCUT2D eigenvalue weighted by Crippen LogP contribution is -2.29. The van der Waals surface area contributed by atoms with E-state index >= 15 is 0 Å². The summed E-state index contributed by atoms with van der Waals surface area (Å²) in [5.41, 5.74) is 2.01. The van der Waals surface area contributed by atoms with Crippen molar-refractivity contribution in [1.29, 1.82) is 0 Å². The van der Waals surface area contributed by atoms with E-state index in [1.807, 2.05) is 18.2 Å². The molecule has 0 heterocycles. The van der Waals surface area contributed by atoms with Gasteiger partial charge in [-0.05, 0) is 30.9 Å². The molecule has 0 radical (unpaired) electrons. The van der Waals surface area contributed by atoms with Crippen LogP contribution in [0.25, 0.3) is 0 Å². The van der Waals surface area contributed by atoms with E-state index in [-0.39, 0.29) is 6.61 Å². The Morgan fingerprint density at radius 3 is 2.75 bits per heavy atom. The summed E-state index contributed by atoms with van der Waals surface area (Å²) in [7, 11) is 2.07. The van der Waals surface area contributed by atoms with Crippen LogP contribution in [0, 0.1) is 5.92 Å². The number of aliphatic hydroxyl groups excluding tert-OH is 1. The molecule has 2 rings (SSSR count).